The minimum absolute atomic E-state index is 0.459. The summed E-state index contributed by atoms with van der Waals surface area (Å²) >= 11 is 5.69. The van der Waals surface area contributed by atoms with E-state index in [1.54, 1.807) is 18.2 Å². The Morgan fingerprint density at radius 3 is 2.50 bits per heavy atom. The summed E-state index contributed by atoms with van der Waals surface area (Å²) in [6, 6.07) is 7.17. The van der Waals surface area contributed by atoms with Gasteiger partial charge >= 0.3 is 0 Å². The van der Waals surface area contributed by atoms with Crippen molar-refractivity contribution in [2.45, 2.75) is 12.5 Å². The van der Waals surface area contributed by atoms with Crippen LogP contribution in [0.1, 0.15) is 18.1 Å². The van der Waals surface area contributed by atoms with Crippen LogP contribution in [-0.2, 0) is 0 Å². The Bertz CT molecular complexity index is 253. The molecular weight excluding hydrogens is 172 g/mol. The standard InChI is InChI=1S/C10H11ClO/c1-2-3-10(12)8-4-6-9(11)7-5-8/h2,4-7,10,12H,1,3H2/t10-/m0/s1. The SMILES string of the molecule is C=CC[C@H](O)c1ccc(Cl)cc1. The van der Waals surface area contributed by atoms with E-state index >= 15 is 0 Å². The number of hydrogen-bond acceptors (Lipinski definition) is 1. The molecule has 1 rings (SSSR count). The van der Waals surface area contributed by atoms with E-state index in [2.05, 4.69) is 6.58 Å². The highest BCUT2D eigenvalue weighted by Crippen LogP contribution is 2.18. The fourth-order valence-electron chi connectivity index (χ4n) is 0.979. The molecule has 0 heterocycles. The fourth-order valence-corrected chi connectivity index (χ4v) is 1.10. The van der Waals surface area contributed by atoms with Crippen molar-refractivity contribution in [1.29, 1.82) is 0 Å². The van der Waals surface area contributed by atoms with Crippen molar-refractivity contribution < 1.29 is 5.11 Å². The monoisotopic (exact) mass is 182 g/mol. The van der Waals surface area contributed by atoms with Crippen LogP contribution in [0.25, 0.3) is 0 Å². The molecule has 1 nitrogen and oxygen atoms in total. The molecule has 0 fully saturated rings. The Kier molecular flexibility index (Phi) is 3.32. The first-order valence-corrected chi connectivity index (χ1v) is 4.16. The molecule has 0 aliphatic rings. The number of benzene rings is 1. The molecule has 0 saturated carbocycles. The molecule has 64 valence electrons. The second kappa shape index (κ2) is 4.29. The van der Waals surface area contributed by atoms with Crippen LogP contribution in [0.4, 0.5) is 0 Å². The molecule has 0 saturated heterocycles. The first kappa shape index (κ1) is 9.30. The molecule has 0 aromatic heterocycles. The van der Waals surface area contributed by atoms with Crippen LogP contribution in [0, 0.1) is 0 Å². The average Bonchev–Trinajstić information content (AvgIpc) is 2.06. The van der Waals surface area contributed by atoms with E-state index in [4.69, 9.17) is 11.6 Å². The van der Waals surface area contributed by atoms with Gasteiger partial charge in [-0.15, -0.1) is 6.58 Å². The summed E-state index contributed by atoms with van der Waals surface area (Å²) in [6.07, 6.45) is 1.81. The molecule has 12 heavy (non-hydrogen) atoms. The number of rotatable bonds is 3. The zero-order valence-electron chi connectivity index (χ0n) is 6.70. The second-order valence-corrected chi connectivity index (χ2v) is 3.03. The van der Waals surface area contributed by atoms with E-state index < -0.39 is 6.10 Å². The van der Waals surface area contributed by atoms with Gasteiger partial charge < -0.3 is 5.11 Å². The highest BCUT2D eigenvalue weighted by Gasteiger charge is 2.03. The third-order valence-electron chi connectivity index (χ3n) is 1.64. The van der Waals surface area contributed by atoms with Crippen molar-refractivity contribution in [3.05, 3.63) is 47.5 Å². The summed E-state index contributed by atoms with van der Waals surface area (Å²) in [4.78, 5) is 0. The number of halogens is 1. The molecule has 2 heteroatoms. The van der Waals surface area contributed by atoms with E-state index in [0.29, 0.717) is 11.4 Å². The lowest BCUT2D eigenvalue weighted by Gasteiger charge is -2.07. The first-order valence-electron chi connectivity index (χ1n) is 3.78. The Morgan fingerprint density at radius 1 is 1.42 bits per heavy atom. The normalized spacial score (nSPS) is 12.5. The Hall–Kier alpha value is -0.790. The lowest BCUT2D eigenvalue weighted by atomic mass is 10.1. The predicted octanol–water partition coefficient (Wildman–Crippen LogP) is 2.95. The number of hydrogen-bond donors (Lipinski definition) is 1. The van der Waals surface area contributed by atoms with E-state index in [1.165, 1.54) is 0 Å². The predicted molar refractivity (Wildman–Crippen MR) is 51.2 cm³/mol. The molecule has 0 radical (unpaired) electrons. The molecule has 0 aliphatic heterocycles. The van der Waals surface area contributed by atoms with Gasteiger partial charge in [0.1, 0.15) is 0 Å². The molecular formula is C10H11ClO. The third kappa shape index (κ3) is 2.36. The molecule has 1 aromatic carbocycles. The zero-order chi connectivity index (χ0) is 8.97. The van der Waals surface area contributed by atoms with E-state index in [-0.39, 0.29) is 0 Å². The van der Waals surface area contributed by atoms with E-state index in [9.17, 15) is 5.11 Å². The van der Waals surface area contributed by atoms with Gasteiger partial charge in [0.25, 0.3) is 0 Å². The van der Waals surface area contributed by atoms with Gasteiger partial charge in [-0.05, 0) is 24.1 Å². The van der Waals surface area contributed by atoms with Crippen molar-refractivity contribution in [1.82, 2.24) is 0 Å². The van der Waals surface area contributed by atoms with Crippen LogP contribution in [0.3, 0.4) is 0 Å². The zero-order valence-corrected chi connectivity index (χ0v) is 7.46. The van der Waals surface area contributed by atoms with Crippen molar-refractivity contribution in [2.24, 2.45) is 0 Å². The van der Waals surface area contributed by atoms with Crippen molar-refractivity contribution in [3.8, 4) is 0 Å². The number of aliphatic hydroxyl groups excluding tert-OH is 1. The van der Waals surface area contributed by atoms with Crippen LogP contribution < -0.4 is 0 Å². The van der Waals surface area contributed by atoms with Gasteiger partial charge in [0, 0.05) is 5.02 Å². The van der Waals surface area contributed by atoms with E-state index in [0.717, 1.165) is 5.56 Å². The quantitative estimate of drug-likeness (QED) is 0.713. The summed E-state index contributed by atoms with van der Waals surface area (Å²) < 4.78 is 0. The maximum Gasteiger partial charge on any atom is 0.0824 e. The fraction of sp³-hybridized carbons (Fsp3) is 0.200. The highest BCUT2D eigenvalue weighted by atomic mass is 35.5. The molecule has 0 spiro atoms. The largest absolute Gasteiger partial charge is 0.388 e. The third-order valence-corrected chi connectivity index (χ3v) is 1.90. The van der Waals surface area contributed by atoms with Gasteiger partial charge in [-0.2, -0.15) is 0 Å². The summed E-state index contributed by atoms with van der Waals surface area (Å²) in [5.41, 5.74) is 0.874. The van der Waals surface area contributed by atoms with Crippen molar-refractivity contribution in [2.75, 3.05) is 0 Å². The molecule has 0 bridgehead atoms. The first-order chi connectivity index (χ1) is 5.74. The lowest BCUT2D eigenvalue weighted by molar-refractivity contribution is 0.181. The van der Waals surface area contributed by atoms with Crippen LogP contribution in [0.15, 0.2) is 36.9 Å². The Balaban J connectivity index is 2.74. The Labute approximate surface area is 77.3 Å². The molecule has 1 atom stereocenters. The van der Waals surface area contributed by atoms with Gasteiger partial charge in [0.2, 0.25) is 0 Å². The van der Waals surface area contributed by atoms with Crippen molar-refractivity contribution >= 4 is 11.6 Å². The van der Waals surface area contributed by atoms with Crippen LogP contribution in [-0.4, -0.2) is 5.11 Å². The summed E-state index contributed by atoms with van der Waals surface area (Å²) in [5, 5.41) is 10.2. The second-order valence-electron chi connectivity index (χ2n) is 2.59. The maximum absolute atomic E-state index is 9.50. The lowest BCUT2D eigenvalue weighted by Crippen LogP contribution is -1.94. The summed E-state index contributed by atoms with van der Waals surface area (Å²) in [7, 11) is 0. The maximum atomic E-state index is 9.50. The molecule has 0 aliphatic carbocycles. The molecule has 1 aromatic rings. The summed E-state index contributed by atoms with van der Waals surface area (Å²) in [5.74, 6) is 0. The van der Waals surface area contributed by atoms with Gasteiger partial charge in [0.05, 0.1) is 6.10 Å². The number of aliphatic hydroxyl groups is 1. The highest BCUT2D eigenvalue weighted by molar-refractivity contribution is 6.30. The van der Waals surface area contributed by atoms with Gasteiger partial charge in [-0.25, -0.2) is 0 Å². The van der Waals surface area contributed by atoms with Crippen LogP contribution >= 0.6 is 11.6 Å². The molecule has 0 unspecified atom stereocenters. The van der Waals surface area contributed by atoms with Crippen LogP contribution in [0.2, 0.25) is 5.02 Å². The van der Waals surface area contributed by atoms with Crippen molar-refractivity contribution in [3.63, 3.8) is 0 Å². The van der Waals surface area contributed by atoms with E-state index in [1.807, 2.05) is 12.1 Å². The molecule has 1 N–H and O–H groups in total. The smallest absolute Gasteiger partial charge is 0.0824 e. The minimum Gasteiger partial charge on any atom is -0.388 e. The molecule has 0 amide bonds. The average molecular weight is 183 g/mol. The van der Waals surface area contributed by atoms with Gasteiger partial charge in [0.15, 0.2) is 0 Å². The summed E-state index contributed by atoms with van der Waals surface area (Å²) in [6.45, 7) is 3.56. The van der Waals surface area contributed by atoms with Crippen LogP contribution in [0.5, 0.6) is 0 Å². The van der Waals surface area contributed by atoms with Gasteiger partial charge in [-0.1, -0.05) is 29.8 Å². The van der Waals surface area contributed by atoms with Gasteiger partial charge in [-0.3, -0.25) is 0 Å². The minimum atomic E-state index is -0.459. The Morgan fingerprint density at radius 2 is 2.00 bits per heavy atom. The topological polar surface area (TPSA) is 20.2 Å².